The topological polar surface area (TPSA) is 64.4 Å². The Morgan fingerprint density at radius 3 is 2.95 bits per heavy atom. The summed E-state index contributed by atoms with van der Waals surface area (Å²) in [6.07, 6.45) is 1.37. The molecule has 1 aromatic heterocycles. The summed E-state index contributed by atoms with van der Waals surface area (Å²) in [7, 11) is 1.33. The Hall–Kier alpha value is -1.66. The monoisotopic (exact) mass is 338 g/mol. The van der Waals surface area contributed by atoms with E-state index in [1.807, 2.05) is 31.2 Å². The minimum absolute atomic E-state index is 0.0983. The predicted octanol–water partition coefficient (Wildman–Crippen LogP) is 3.07. The fourth-order valence-corrected chi connectivity index (χ4v) is 2.48. The number of nitrogens with one attached hydrogen (secondary N) is 1. The normalized spacial score (nSPS) is 12.2. The van der Waals surface area contributed by atoms with Crippen molar-refractivity contribution in [3.63, 3.8) is 0 Å². The third-order valence-electron chi connectivity index (χ3n) is 2.99. The summed E-state index contributed by atoms with van der Waals surface area (Å²) in [4.78, 5) is 11.5. The lowest BCUT2D eigenvalue weighted by Gasteiger charge is -2.15. The number of carbonyl (C=O) groups is 1. The van der Waals surface area contributed by atoms with Crippen LogP contribution in [0.15, 0.2) is 39.5 Å². The van der Waals surface area contributed by atoms with Crippen molar-refractivity contribution in [3.8, 4) is 0 Å². The quantitative estimate of drug-likeness (QED) is 0.848. The van der Waals surface area contributed by atoms with Gasteiger partial charge in [-0.3, -0.25) is 0 Å². The summed E-state index contributed by atoms with van der Waals surface area (Å²) in [5, 5.41) is 6.92. The number of hydrogen-bond donors (Lipinski definition) is 1. The molecular weight excluding hydrogens is 324 g/mol. The van der Waals surface area contributed by atoms with E-state index in [9.17, 15) is 4.79 Å². The van der Waals surface area contributed by atoms with Gasteiger partial charge in [-0.15, -0.1) is 0 Å². The second kappa shape index (κ2) is 6.67. The maximum Gasteiger partial charge on any atom is 0.343 e. The summed E-state index contributed by atoms with van der Waals surface area (Å²) >= 11 is 3.51. The van der Waals surface area contributed by atoms with Gasteiger partial charge in [0.25, 0.3) is 0 Å². The molecule has 0 amide bonds. The summed E-state index contributed by atoms with van der Waals surface area (Å²) in [5.74, 6) is 0.0207. The first kappa shape index (κ1) is 14.7. The molecule has 1 aromatic carbocycles. The summed E-state index contributed by atoms with van der Waals surface area (Å²) in [5.41, 5.74) is 1.48. The maximum atomic E-state index is 11.5. The molecule has 5 nitrogen and oxygen atoms in total. The fourth-order valence-electron chi connectivity index (χ4n) is 1.85. The smallest absolute Gasteiger partial charge is 0.343 e. The standard InChI is InChI=1S/C14H15BrN2O3/c1-9(10-5-3-4-6-12(10)15)16-8-13-11(7-17-20-13)14(18)19-2/h3-7,9,16H,8H2,1-2H3/t9-/m0/s1. The van der Waals surface area contributed by atoms with Gasteiger partial charge in [-0.1, -0.05) is 39.3 Å². The average Bonchev–Trinajstić information content (AvgIpc) is 2.93. The molecule has 1 heterocycles. The second-order valence-corrected chi connectivity index (χ2v) is 5.13. The van der Waals surface area contributed by atoms with Crippen LogP contribution in [0.5, 0.6) is 0 Å². The van der Waals surface area contributed by atoms with Crippen LogP contribution in [0.25, 0.3) is 0 Å². The summed E-state index contributed by atoms with van der Waals surface area (Å²) < 4.78 is 10.8. The minimum Gasteiger partial charge on any atom is -0.465 e. The Bertz CT molecular complexity index is 598. The van der Waals surface area contributed by atoms with E-state index in [0.29, 0.717) is 17.9 Å². The molecule has 106 valence electrons. The van der Waals surface area contributed by atoms with Crippen molar-refractivity contribution in [2.24, 2.45) is 0 Å². The first-order chi connectivity index (χ1) is 9.63. The highest BCUT2D eigenvalue weighted by atomic mass is 79.9. The van der Waals surface area contributed by atoms with Crippen molar-refractivity contribution < 1.29 is 14.1 Å². The van der Waals surface area contributed by atoms with Crippen molar-refractivity contribution >= 4 is 21.9 Å². The molecule has 1 atom stereocenters. The van der Waals surface area contributed by atoms with E-state index in [-0.39, 0.29) is 6.04 Å². The van der Waals surface area contributed by atoms with E-state index in [1.54, 1.807) is 0 Å². The highest BCUT2D eigenvalue weighted by molar-refractivity contribution is 9.10. The number of methoxy groups -OCH3 is 1. The number of nitrogens with zero attached hydrogens (tertiary/aromatic N) is 1. The zero-order valence-corrected chi connectivity index (χ0v) is 12.8. The third kappa shape index (κ3) is 3.26. The Kier molecular flexibility index (Phi) is 4.92. The Balaban J connectivity index is 2.04. The van der Waals surface area contributed by atoms with E-state index in [4.69, 9.17) is 4.52 Å². The first-order valence-corrected chi connectivity index (χ1v) is 6.92. The highest BCUT2D eigenvalue weighted by Gasteiger charge is 2.17. The van der Waals surface area contributed by atoms with Crippen LogP contribution < -0.4 is 5.32 Å². The lowest BCUT2D eigenvalue weighted by Crippen LogP contribution is -2.19. The molecule has 0 aliphatic heterocycles. The minimum atomic E-state index is -0.448. The van der Waals surface area contributed by atoms with Gasteiger partial charge in [0, 0.05) is 10.5 Å². The van der Waals surface area contributed by atoms with Gasteiger partial charge < -0.3 is 14.6 Å². The molecule has 2 rings (SSSR count). The third-order valence-corrected chi connectivity index (χ3v) is 3.71. The Morgan fingerprint density at radius 2 is 2.25 bits per heavy atom. The van der Waals surface area contributed by atoms with Gasteiger partial charge in [0.1, 0.15) is 5.56 Å². The van der Waals surface area contributed by atoms with Crippen LogP contribution in [-0.2, 0) is 11.3 Å². The number of aromatic nitrogens is 1. The average molecular weight is 339 g/mol. The predicted molar refractivity (Wildman–Crippen MR) is 77.2 cm³/mol. The Labute approximate surface area is 125 Å². The Morgan fingerprint density at radius 1 is 1.50 bits per heavy atom. The van der Waals surface area contributed by atoms with Crippen molar-refractivity contribution in [2.75, 3.05) is 7.11 Å². The first-order valence-electron chi connectivity index (χ1n) is 6.13. The lowest BCUT2D eigenvalue weighted by atomic mass is 10.1. The molecule has 0 aliphatic carbocycles. The molecular formula is C14H15BrN2O3. The van der Waals surface area contributed by atoms with E-state index >= 15 is 0 Å². The van der Waals surface area contributed by atoms with Crippen LogP contribution in [0.2, 0.25) is 0 Å². The van der Waals surface area contributed by atoms with Crippen LogP contribution >= 0.6 is 15.9 Å². The number of esters is 1. The van der Waals surface area contributed by atoms with Crippen molar-refractivity contribution in [1.29, 1.82) is 0 Å². The molecule has 6 heteroatoms. The molecule has 0 spiro atoms. The molecule has 1 N–H and O–H groups in total. The molecule has 0 radical (unpaired) electrons. The zero-order valence-electron chi connectivity index (χ0n) is 11.2. The number of benzene rings is 1. The SMILES string of the molecule is COC(=O)c1cnoc1CN[C@@H](C)c1ccccc1Br. The summed E-state index contributed by atoms with van der Waals surface area (Å²) in [6.45, 7) is 2.43. The highest BCUT2D eigenvalue weighted by Crippen LogP contribution is 2.23. The van der Waals surface area contributed by atoms with E-state index in [0.717, 1.165) is 10.0 Å². The van der Waals surface area contributed by atoms with Crippen LogP contribution in [-0.4, -0.2) is 18.2 Å². The van der Waals surface area contributed by atoms with Crippen molar-refractivity contribution in [3.05, 3.63) is 51.8 Å². The number of ether oxygens (including phenoxy) is 1. The van der Waals surface area contributed by atoms with E-state index in [2.05, 4.69) is 31.1 Å². The molecule has 0 unspecified atom stereocenters. The number of rotatable bonds is 5. The van der Waals surface area contributed by atoms with Crippen LogP contribution in [0.1, 0.15) is 34.6 Å². The second-order valence-electron chi connectivity index (χ2n) is 4.28. The van der Waals surface area contributed by atoms with Gasteiger partial charge in [0.2, 0.25) is 0 Å². The maximum absolute atomic E-state index is 11.5. The molecule has 0 saturated heterocycles. The van der Waals surface area contributed by atoms with Gasteiger partial charge >= 0.3 is 5.97 Å². The lowest BCUT2D eigenvalue weighted by molar-refractivity contribution is 0.0598. The van der Waals surface area contributed by atoms with Gasteiger partial charge in [0.15, 0.2) is 5.76 Å². The molecule has 2 aromatic rings. The molecule has 0 saturated carbocycles. The zero-order chi connectivity index (χ0) is 14.5. The van der Waals surface area contributed by atoms with Gasteiger partial charge in [-0.05, 0) is 18.6 Å². The van der Waals surface area contributed by atoms with Crippen LogP contribution in [0, 0.1) is 0 Å². The number of carbonyl (C=O) groups excluding carboxylic acids is 1. The van der Waals surface area contributed by atoms with Crippen LogP contribution in [0.4, 0.5) is 0 Å². The summed E-state index contributed by atoms with van der Waals surface area (Å²) in [6, 6.07) is 8.06. The molecule has 0 aliphatic rings. The number of hydrogen-bond acceptors (Lipinski definition) is 5. The molecule has 20 heavy (non-hydrogen) atoms. The van der Waals surface area contributed by atoms with E-state index < -0.39 is 5.97 Å². The van der Waals surface area contributed by atoms with E-state index in [1.165, 1.54) is 13.3 Å². The van der Waals surface area contributed by atoms with Crippen molar-refractivity contribution in [1.82, 2.24) is 10.5 Å². The largest absolute Gasteiger partial charge is 0.465 e. The van der Waals surface area contributed by atoms with Gasteiger partial charge in [-0.2, -0.15) is 0 Å². The fraction of sp³-hybridized carbons (Fsp3) is 0.286. The van der Waals surface area contributed by atoms with Crippen LogP contribution in [0.3, 0.4) is 0 Å². The molecule has 0 fully saturated rings. The van der Waals surface area contributed by atoms with Gasteiger partial charge in [0.05, 0.1) is 19.9 Å². The van der Waals surface area contributed by atoms with Gasteiger partial charge in [-0.25, -0.2) is 4.79 Å². The molecule has 0 bridgehead atoms. The van der Waals surface area contributed by atoms with Crippen molar-refractivity contribution in [2.45, 2.75) is 19.5 Å². The number of halogens is 1.